The number of nitrogens with zero attached hydrogens (tertiary/aromatic N) is 4. The Morgan fingerprint density at radius 3 is 1.31 bits per heavy atom. The van der Waals surface area contributed by atoms with Gasteiger partial charge in [-0.15, -0.1) is 0 Å². The second-order valence-electron chi connectivity index (χ2n) is 12.0. The SMILES string of the molecule is N#Cc1cc(-n2c3ccccc3c3ccccc32)c(C#N)cc1-c1cccc(-c2ccccc2-n2c3ccccc3c3ccccc32)c1. The number of benzene rings is 7. The number of hydrogen-bond donors (Lipinski definition) is 0. The molecule has 0 radical (unpaired) electrons. The van der Waals surface area contributed by atoms with Gasteiger partial charge in [-0.1, -0.05) is 109 Å². The van der Waals surface area contributed by atoms with Crippen molar-refractivity contribution in [2.75, 3.05) is 0 Å². The first-order chi connectivity index (χ1) is 23.7. The molecule has 7 aromatic carbocycles. The van der Waals surface area contributed by atoms with E-state index in [1.54, 1.807) is 0 Å². The molecular formula is C44H26N4. The molecule has 4 heteroatoms. The zero-order valence-corrected chi connectivity index (χ0v) is 25.8. The Hall–Kier alpha value is -6.88. The Kier molecular flexibility index (Phi) is 6.22. The molecule has 48 heavy (non-hydrogen) atoms. The van der Waals surface area contributed by atoms with Gasteiger partial charge in [-0.3, -0.25) is 0 Å². The lowest BCUT2D eigenvalue weighted by Crippen LogP contribution is -2.00. The summed E-state index contributed by atoms with van der Waals surface area (Å²) in [7, 11) is 0. The summed E-state index contributed by atoms with van der Waals surface area (Å²) in [5.74, 6) is 0. The van der Waals surface area contributed by atoms with Crippen molar-refractivity contribution in [1.82, 2.24) is 9.13 Å². The molecule has 0 saturated heterocycles. The van der Waals surface area contributed by atoms with Gasteiger partial charge < -0.3 is 9.13 Å². The first-order valence-electron chi connectivity index (χ1n) is 15.9. The first kappa shape index (κ1) is 27.4. The van der Waals surface area contributed by atoms with Crippen molar-refractivity contribution in [1.29, 1.82) is 10.5 Å². The van der Waals surface area contributed by atoms with Gasteiger partial charge in [0, 0.05) is 32.7 Å². The van der Waals surface area contributed by atoms with E-state index in [9.17, 15) is 10.5 Å². The quantitative estimate of drug-likeness (QED) is 0.199. The molecule has 0 amide bonds. The van der Waals surface area contributed by atoms with Crippen molar-refractivity contribution >= 4 is 43.6 Å². The molecule has 9 aromatic rings. The van der Waals surface area contributed by atoms with Gasteiger partial charge in [-0.2, -0.15) is 10.5 Å². The minimum absolute atomic E-state index is 0.506. The molecule has 0 bridgehead atoms. The zero-order chi connectivity index (χ0) is 32.2. The van der Waals surface area contributed by atoms with Gasteiger partial charge in [0.15, 0.2) is 0 Å². The number of rotatable bonds is 4. The van der Waals surface area contributed by atoms with Gasteiger partial charge >= 0.3 is 0 Å². The van der Waals surface area contributed by atoms with Crippen molar-refractivity contribution in [3.8, 4) is 45.8 Å². The molecular weight excluding hydrogens is 585 g/mol. The summed E-state index contributed by atoms with van der Waals surface area (Å²) in [6.45, 7) is 0. The van der Waals surface area contributed by atoms with Crippen LogP contribution in [0.3, 0.4) is 0 Å². The summed E-state index contributed by atoms with van der Waals surface area (Å²) >= 11 is 0. The van der Waals surface area contributed by atoms with Crippen LogP contribution in [0.2, 0.25) is 0 Å². The molecule has 0 fully saturated rings. The van der Waals surface area contributed by atoms with Crippen molar-refractivity contribution in [3.63, 3.8) is 0 Å². The third-order valence-electron chi connectivity index (χ3n) is 9.41. The van der Waals surface area contributed by atoms with Gasteiger partial charge in [-0.25, -0.2) is 0 Å². The monoisotopic (exact) mass is 610 g/mol. The summed E-state index contributed by atoms with van der Waals surface area (Å²) in [6, 6.07) is 58.8. The van der Waals surface area contributed by atoms with Crippen LogP contribution in [0.5, 0.6) is 0 Å². The minimum atomic E-state index is 0.506. The lowest BCUT2D eigenvalue weighted by Gasteiger charge is -2.16. The maximum atomic E-state index is 10.5. The average molecular weight is 611 g/mol. The summed E-state index contributed by atoms with van der Waals surface area (Å²) in [6.07, 6.45) is 0. The highest BCUT2D eigenvalue weighted by atomic mass is 15.0. The molecule has 2 aromatic heterocycles. The van der Waals surface area contributed by atoms with Crippen LogP contribution in [0.25, 0.3) is 77.2 Å². The third kappa shape index (κ3) is 4.07. The van der Waals surface area contributed by atoms with Gasteiger partial charge in [0.2, 0.25) is 0 Å². The second-order valence-corrected chi connectivity index (χ2v) is 12.0. The van der Waals surface area contributed by atoms with Crippen LogP contribution in [-0.2, 0) is 0 Å². The standard InChI is InChI=1S/C44H26N4/c45-27-31-26-44(48-42-22-9-4-17-36(42)37-18-5-10-23-43(37)48)32(28-46)25-38(31)30-13-11-12-29(24-30)33-14-1-6-19-39(33)47-40-20-7-2-15-34(40)35-16-3-8-21-41(35)47/h1-26H. The molecule has 222 valence electrons. The van der Waals surface area contributed by atoms with Crippen LogP contribution in [0.15, 0.2) is 158 Å². The Labute approximate surface area is 277 Å². The van der Waals surface area contributed by atoms with Gasteiger partial charge in [-0.05, 0) is 59.7 Å². The van der Waals surface area contributed by atoms with E-state index in [4.69, 9.17) is 0 Å². The lowest BCUT2D eigenvalue weighted by atomic mass is 9.93. The normalized spacial score (nSPS) is 11.3. The number of nitriles is 2. The van der Waals surface area contributed by atoms with E-state index >= 15 is 0 Å². The summed E-state index contributed by atoms with van der Waals surface area (Å²) in [4.78, 5) is 0. The Bertz CT molecular complexity index is 2710. The molecule has 0 atom stereocenters. The number of hydrogen-bond acceptors (Lipinski definition) is 2. The van der Waals surface area contributed by atoms with Crippen molar-refractivity contribution in [2.24, 2.45) is 0 Å². The Morgan fingerprint density at radius 1 is 0.354 bits per heavy atom. The maximum Gasteiger partial charge on any atom is 0.101 e. The molecule has 2 heterocycles. The topological polar surface area (TPSA) is 57.4 Å². The fraction of sp³-hybridized carbons (Fsp3) is 0. The molecule has 0 unspecified atom stereocenters. The van der Waals surface area contributed by atoms with Crippen molar-refractivity contribution < 1.29 is 0 Å². The van der Waals surface area contributed by atoms with Gasteiger partial charge in [0.25, 0.3) is 0 Å². The van der Waals surface area contributed by atoms with Crippen LogP contribution in [0.1, 0.15) is 11.1 Å². The van der Waals surface area contributed by atoms with Gasteiger partial charge in [0.1, 0.15) is 6.07 Å². The number of aromatic nitrogens is 2. The largest absolute Gasteiger partial charge is 0.309 e. The Morgan fingerprint density at radius 2 is 0.792 bits per heavy atom. The van der Waals surface area contributed by atoms with E-state index in [2.05, 4.69) is 130 Å². The molecule has 0 aliphatic rings. The van der Waals surface area contributed by atoms with Gasteiger partial charge in [0.05, 0.1) is 50.6 Å². The summed E-state index contributed by atoms with van der Waals surface area (Å²) in [5.41, 5.74) is 10.8. The predicted molar refractivity (Wildman–Crippen MR) is 195 cm³/mol. The minimum Gasteiger partial charge on any atom is -0.309 e. The van der Waals surface area contributed by atoms with E-state index in [0.717, 1.165) is 60.8 Å². The fourth-order valence-electron chi connectivity index (χ4n) is 7.33. The molecule has 0 saturated carbocycles. The highest BCUT2D eigenvalue weighted by Gasteiger charge is 2.19. The van der Waals surface area contributed by atoms with E-state index in [0.29, 0.717) is 16.8 Å². The average Bonchev–Trinajstić information content (AvgIpc) is 3.67. The zero-order valence-electron chi connectivity index (χ0n) is 25.8. The Balaban J connectivity index is 1.23. The molecule has 0 aliphatic heterocycles. The van der Waals surface area contributed by atoms with Crippen molar-refractivity contribution in [2.45, 2.75) is 0 Å². The molecule has 9 rings (SSSR count). The molecule has 0 N–H and O–H groups in total. The van der Waals surface area contributed by atoms with E-state index in [-0.39, 0.29) is 0 Å². The lowest BCUT2D eigenvalue weighted by molar-refractivity contribution is 1.16. The smallest absolute Gasteiger partial charge is 0.101 e. The van der Waals surface area contributed by atoms with Crippen LogP contribution in [0.4, 0.5) is 0 Å². The highest BCUT2D eigenvalue weighted by molar-refractivity contribution is 6.10. The summed E-state index contributed by atoms with van der Waals surface area (Å²) in [5, 5.41) is 25.6. The molecule has 0 spiro atoms. The predicted octanol–water partition coefficient (Wildman–Crippen LogP) is 11.0. The fourth-order valence-corrected chi connectivity index (χ4v) is 7.33. The first-order valence-corrected chi connectivity index (χ1v) is 15.9. The van der Waals surface area contributed by atoms with E-state index in [1.165, 1.54) is 10.8 Å². The van der Waals surface area contributed by atoms with Crippen LogP contribution in [-0.4, -0.2) is 9.13 Å². The number of para-hydroxylation sites is 5. The maximum absolute atomic E-state index is 10.5. The third-order valence-corrected chi connectivity index (χ3v) is 9.41. The van der Waals surface area contributed by atoms with Crippen LogP contribution >= 0.6 is 0 Å². The van der Waals surface area contributed by atoms with E-state index in [1.807, 2.05) is 48.5 Å². The highest BCUT2D eigenvalue weighted by Crippen LogP contribution is 2.39. The summed E-state index contributed by atoms with van der Waals surface area (Å²) < 4.78 is 4.44. The van der Waals surface area contributed by atoms with Crippen LogP contribution < -0.4 is 0 Å². The van der Waals surface area contributed by atoms with Crippen LogP contribution in [0, 0.1) is 22.7 Å². The van der Waals surface area contributed by atoms with E-state index < -0.39 is 0 Å². The molecule has 4 nitrogen and oxygen atoms in total. The number of fused-ring (bicyclic) bond motifs is 6. The molecule has 0 aliphatic carbocycles. The van der Waals surface area contributed by atoms with Crippen molar-refractivity contribution in [3.05, 3.63) is 169 Å². The second kappa shape index (κ2) is 10.9.